The third kappa shape index (κ3) is 6.65. The Bertz CT molecular complexity index is 584. The van der Waals surface area contributed by atoms with Crippen molar-refractivity contribution in [3.8, 4) is 0 Å². The molecule has 2 amide bonds. The summed E-state index contributed by atoms with van der Waals surface area (Å²) >= 11 is 1.60. The number of likely N-dealkylation sites (N-methyl/N-ethyl adjacent to an activating group) is 1. The Kier molecular flexibility index (Phi) is 9.73. The Labute approximate surface area is 162 Å². The zero-order valence-electron chi connectivity index (χ0n) is 17.0. The molecule has 0 aliphatic carbocycles. The molecule has 26 heavy (non-hydrogen) atoms. The molecule has 0 heterocycles. The average Bonchev–Trinajstić information content (AvgIpc) is 2.61. The number of benzene rings is 1. The number of nitrogens with one attached hydrogen (secondary N) is 2. The maximum atomic E-state index is 12.8. The lowest BCUT2D eigenvalue weighted by molar-refractivity contribution is -0.862. The van der Waals surface area contributed by atoms with E-state index in [4.69, 9.17) is 0 Å². The van der Waals surface area contributed by atoms with E-state index < -0.39 is 0 Å². The van der Waals surface area contributed by atoms with Crippen molar-refractivity contribution in [2.24, 2.45) is 0 Å². The highest BCUT2D eigenvalue weighted by Gasteiger charge is 2.26. The largest absolute Gasteiger partial charge is 0.332 e. The van der Waals surface area contributed by atoms with E-state index in [2.05, 4.69) is 33.0 Å². The lowest BCUT2D eigenvalue weighted by atomic mass is 10.1. The van der Waals surface area contributed by atoms with Gasteiger partial charge in [-0.1, -0.05) is 26.0 Å². The molecule has 1 rings (SSSR count). The Morgan fingerprint density at radius 1 is 1.12 bits per heavy atom. The van der Waals surface area contributed by atoms with Crippen LogP contribution in [0.25, 0.3) is 0 Å². The van der Waals surface area contributed by atoms with Crippen LogP contribution in [-0.4, -0.2) is 55.2 Å². The van der Waals surface area contributed by atoms with Crippen LogP contribution in [0.1, 0.15) is 40.5 Å². The van der Waals surface area contributed by atoms with Gasteiger partial charge >= 0.3 is 0 Å². The Balaban J connectivity index is 2.64. The minimum absolute atomic E-state index is 0.0737. The third-order valence-electron chi connectivity index (χ3n) is 4.72. The van der Waals surface area contributed by atoms with E-state index in [-0.39, 0.29) is 30.4 Å². The predicted molar refractivity (Wildman–Crippen MR) is 110 cm³/mol. The molecule has 0 aliphatic heterocycles. The molecule has 0 fully saturated rings. The van der Waals surface area contributed by atoms with Gasteiger partial charge in [0.25, 0.3) is 11.8 Å². The van der Waals surface area contributed by atoms with Crippen molar-refractivity contribution in [1.29, 1.82) is 0 Å². The number of nitrogens with zero attached hydrogens (tertiary/aromatic N) is 1. The molecule has 0 bridgehead atoms. The van der Waals surface area contributed by atoms with Gasteiger partial charge in [-0.3, -0.25) is 9.59 Å². The van der Waals surface area contributed by atoms with Gasteiger partial charge in [-0.05, 0) is 45.1 Å². The number of carbonyl (C=O) groups is 2. The van der Waals surface area contributed by atoms with Crippen molar-refractivity contribution in [3.05, 3.63) is 24.3 Å². The van der Waals surface area contributed by atoms with Gasteiger partial charge in [0.1, 0.15) is 0 Å². The minimum atomic E-state index is -0.0737. The second-order valence-corrected chi connectivity index (χ2v) is 7.72. The molecule has 3 atom stereocenters. The molecular weight excluding hydrogens is 346 g/mol. The first kappa shape index (κ1) is 22.5. The van der Waals surface area contributed by atoms with E-state index in [1.165, 1.54) is 0 Å². The van der Waals surface area contributed by atoms with Crippen LogP contribution in [0.5, 0.6) is 0 Å². The number of carbonyl (C=O) groups excluding carboxylic acids is 2. The van der Waals surface area contributed by atoms with Crippen molar-refractivity contribution in [2.45, 2.75) is 57.5 Å². The molecule has 0 saturated heterocycles. The van der Waals surface area contributed by atoms with Crippen molar-refractivity contribution >= 4 is 29.3 Å². The fourth-order valence-corrected chi connectivity index (χ4v) is 3.50. The standard InChI is InChI=1S/C20H33N3O2S/c1-7-15(3)23(16(4)8-2)20(25)14-22(5)13-19(24)21-17-11-9-10-12-18(17)26-6/h9-12,15-16H,7-8,13-14H2,1-6H3,(H,21,24)/p+1/t15-,16+. The molecule has 6 heteroatoms. The van der Waals surface area contributed by atoms with Gasteiger partial charge in [-0.15, -0.1) is 11.8 Å². The van der Waals surface area contributed by atoms with Crippen LogP contribution >= 0.6 is 11.8 Å². The molecule has 1 aromatic rings. The highest BCUT2D eigenvalue weighted by atomic mass is 32.2. The summed E-state index contributed by atoms with van der Waals surface area (Å²) in [5.41, 5.74) is 0.824. The zero-order chi connectivity index (χ0) is 19.7. The first-order valence-electron chi connectivity index (χ1n) is 9.39. The Morgan fingerprint density at radius 3 is 2.23 bits per heavy atom. The molecular formula is C20H34N3O2S+. The SMILES string of the molecule is CC[C@@H](C)N(C(=O)C[NH+](C)CC(=O)Nc1ccccc1SC)[C@@H](C)CC. The summed E-state index contributed by atoms with van der Waals surface area (Å²) in [6, 6.07) is 8.18. The van der Waals surface area contributed by atoms with E-state index in [1.807, 2.05) is 42.5 Å². The van der Waals surface area contributed by atoms with Gasteiger partial charge in [0.2, 0.25) is 0 Å². The van der Waals surface area contributed by atoms with Crippen LogP contribution in [0.4, 0.5) is 5.69 Å². The monoisotopic (exact) mass is 380 g/mol. The average molecular weight is 381 g/mol. The van der Waals surface area contributed by atoms with Gasteiger partial charge < -0.3 is 15.1 Å². The van der Waals surface area contributed by atoms with Gasteiger partial charge in [-0.25, -0.2) is 0 Å². The molecule has 1 unspecified atom stereocenters. The third-order valence-corrected chi connectivity index (χ3v) is 5.51. The molecule has 0 aliphatic rings. The number of hydrogen-bond donors (Lipinski definition) is 2. The second-order valence-electron chi connectivity index (χ2n) is 6.87. The molecule has 146 valence electrons. The summed E-state index contributed by atoms with van der Waals surface area (Å²) in [6.07, 6.45) is 3.85. The number of hydrogen-bond acceptors (Lipinski definition) is 3. The highest BCUT2D eigenvalue weighted by Crippen LogP contribution is 2.24. The summed E-state index contributed by atoms with van der Waals surface area (Å²) < 4.78 is 0. The van der Waals surface area contributed by atoms with E-state index in [0.29, 0.717) is 6.54 Å². The molecule has 0 saturated carbocycles. The van der Waals surface area contributed by atoms with Crippen molar-refractivity contribution < 1.29 is 14.5 Å². The molecule has 0 aromatic heterocycles. The highest BCUT2D eigenvalue weighted by molar-refractivity contribution is 7.98. The molecule has 2 N–H and O–H groups in total. The fourth-order valence-electron chi connectivity index (χ4n) is 2.95. The number of para-hydroxylation sites is 1. The lowest BCUT2D eigenvalue weighted by Crippen LogP contribution is -3.11. The number of anilines is 1. The number of rotatable bonds is 10. The topological polar surface area (TPSA) is 53.9 Å². The minimum Gasteiger partial charge on any atom is -0.332 e. The number of thioether (sulfide) groups is 1. The van der Waals surface area contributed by atoms with Crippen molar-refractivity contribution in [2.75, 3.05) is 31.7 Å². The first-order chi connectivity index (χ1) is 12.3. The van der Waals surface area contributed by atoms with Crippen LogP contribution in [0.3, 0.4) is 0 Å². The summed E-state index contributed by atoms with van der Waals surface area (Å²) in [7, 11) is 1.89. The predicted octanol–water partition coefficient (Wildman–Crippen LogP) is 2.29. The maximum absolute atomic E-state index is 12.8. The summed E-state index contributed by atoms with van der Waals surface area (Å²) in [4.78, 5) is 29.0. The number of quaternary nitrogens is 1. The van der Waals surface area contributed by atoms with Crippen LogP contribution in [-0.2, 0) is 9.59 Å². The van der Waals surface area contributed by atoms with Crippen LogP contribution in [0.2, 0.25) is 0 Å². The van der Waals surface area contributed by atoms with Gasteiger partial charge in [0.05, 0.1) is 12.7 Å². The molecule has 0 radical (unpaired) electrons. The lowest BCUT2D eigenvalue weighted by Gasteiger charge is -2.34. The van der Waals surface area contributed by atoms with E-state index in [0.717, 1.165) is 28.3 Å². The number of amides is 2. The van der Waals surface area contributed by atoms with Crippen molar-refractivity contribution in [3.63, 3.8) is 0 Å². The van der Waals surface area contributed by atoms with Gasteiger partial charge in [0, 0.05) is 17.0 Å². The first-order valence-corrected chi connectivity index (χ1v) is 10.6. The van der Waals surface area contributed by atoms with Crippen LogP contribution < -0.4 is 10.2 Å². The molecule has 1 aromatic carbocycles. The normalized spacial score (nSPS) is 14.4. The van der Waals surface area contributed by atoms with Crippen molar-refractivity contribution in [1.82, 2.24) is 4.90 Å². The summed E-state index contributed by atoms with van der Waals surface area (Å²) in [5, 5.41) is 2.96. The van der Waals surface area contributed by atoms with E-state index >= 15 is 0 Å². The van der Waals surface area contributed by atoms with Gasteiger partial charge in [-0.2, -0.15) is 0 Å². The summed E-state index contributed by atoms with van der Waals surface area (Å²) in [5.74, 6) is 0.0407. The Morgan fingerprint density at radius 2 is 1.69 bits per heavy atom. The van der Waals surface area contributed by atoms with E-state index in [1.54, 1.807) is 11.8 Å². The quantitative estimate of drug-likeness (QED) is 0.613. The molecule has 5 nitrogen and oxygen atoms in total. The maximum Gasteiger partial charge on any atom is 0.279 e. The van der Waals surface area contributed by atoms with E-state index in [9.17, 15) is 9.59 Å². The Hall–Kier alpha value is -1.53. The fraction of sp³-hybridized carbons (Fsp3) is 0.600. The zero-order valence-corrected chi connectivity index (χ0v) is 17.8. The van der Waals surface area contributed by atoms with Crippen LogP contribution in [0.15, 0.2) is 29.2 Å². The van der Waals surface area contributed by atoms with Crippen LogP contribution in [0, 0.1) is 0 Å². The summed E-state index contributed by atoms with van der Waals surface area (Å²) in [6.45, 7) is 8.97. The van der Waals surface area contributed by atoms with Gasteiger partial charge in [0.15, 0.2) is 13.1 Å². The smallest absolute Gasteiger partial charge is 0.279 e. The molecule has 0 spiro atoms. The second kappa shape index (κ2) is 11.2.